The first-order valence-corrected chi connectivity index (χ1v) is 8.25. The van der Waals surface area contributed by atoms with Gasteiger partial charge in [-0.05, 0) is 71.6 Å². The number of hydrazine groups is 1. The number of methoxy groups -OCH3 is 1. The number of halogens is 2. The molecule has 2 rings (SSSR count). The first-order valence-electron chi connectivity index (χ1n) is 7.46. The molecule has 3 nitrogen and oxygen atoms in total. The maximum Gasteiger partial charge on any atom is 0.137 e. The van der Waals surface area contributed by atoms with E-state index in [2.05, 4.69) is 28.3 Å². The van der Waals surface area contributed by atoms with Gasteiger partial charge in [-0.15, -0.1) is 0 Å². The van der Waals surface area contributed by atoms with Crippen LogP contribution in [0.25, 0.3) is 0 Å². The van der Waals surface area contributed by atoms with Gasteiger partial charge in [-0.2, -0.15) is 0 Å². The zero-order valence-corrected chi connectivity index (χ0v) is 14.2. The fraction of sp³-hybridized carbons (Fsp3) is 0.625. The van der Waals surface area contributed by atoms with E-state index in [4.69, 9.17) is 10.6 Å². The molecule has 1 saturated carbocycles. The molecule has 1 aliphatic rings. The van der Waals surface area contributed by atoms with Crippen LogP contribution >= 0.6 is 15.9 Å². The lowest BCUT2D eigenvalue weighted by Crippen LogP contribution is -2.57. The van der Waals surface area contributed by atoms with E-state index >= 15 is 0 Å². The SMILES string of the molecule is COC1(C(Cc2ccc(F)c(Br)c2)NN)CCC(C)CC1. The Kier molecular flexibility index (Phi) is 5.77. The van der Waals surface area contributed by atoms with Gasteiger partial charge in [0.2, 0.25) is 0 Å². The molecule has 0 heterocycles. The summed E-state index contributed by atoms with van der Waals surface area (Å²) in [5.41, 5.74) is 3.74. The zero-order valence-electron chi connectivity index (χ0n) is 12.7. The third kappa shape index (κ3) is 3.83. The molecule has 0 aromatic heterocycles. The molecule has 118 valence electrons. The minimum absolute atomic E-state index is 0.0207. The van der Waals surface area contributed by atoms with Crippen molar-refractivity contribution in [3.05, 3.63) is 34.1 Å². The molecule has 21 heavy (non-hydrogen) atoms. The highest BCUT2D eigenvalue weighted by molar-refractivity contribution is 9.10. The lowest BCUT2D eigenvalue weighted by atomic mass is 9.74. The highest BCUT2D eigenvalue weighted by atomic mass is 79.9. The lowest BCUT2D eigenvalue weighted by molar-refractivity contribution is -0.0746. The largest absolute Gasteiger partial charge is 0.377 e. The number of hydrogen-bond donors (Lipinski definition) is 2. The number of rotatable bonds is 5. The molecule has 1 unspecified atom stereocenters. The quantitative estimate of drug-likeness (QED) is 0.624. The number of benzene rings is 1. The Morgan fingerprint density at radius 2 is 2.14 bits per heavy atom. The summed E-state index contributed by atoms with van der Waals surface area (Å²) in [4.78, 5) is 0. The Bertz CT molecular complexity index is 475. The third-order valence-electron chi connectivity index (χ3n) is 4.79. The number of nitrogens with one attached hydrogen (secondary N) is 1. The van der Waals surface area contributed by atoms with Gasteiger partial charge >= 0.3 is 0 Å². The second-order valence-corrected chi connectivity index (χ2v) is 6.98. The summed E-state index contributed by atoms with van der Waals surface area (Å²) in [7, 11) is 1.76. The van der Waals surface area contributed by atoms with Crippen LogP contribution in [0, 0.1) is 11.7 Å². The second kappa shape index (κ2) is 7.18. The van der Waals surface area contributed by atoms with Crippen molar-refractivity contribution >= 4 is 15.9 Å². The predicted molar refractivity (Wildman–Crippen MR) is 86.3 cm³/mol. The molecule has 0 aliphatic heterocycles. The van der Waals surface area contributed by atoms with Gasteiger partial charge < -0.3 is 4.74 Å². The molecule has 0 bridgehead atoms. The van der Waals surface area contributed by atoms with Crippen molar-refractivity contribution in [2.24, 2.45) is 11.8 Å². The first kappa shape index (κ1) is 16.9. The summed E-state index contributed by atoms with van der Waals surface area (Å²) < 4.78 is 19.7. The van der Waals surface area contributed by atoms with Crippen LogP contribution in [0.5, 0.6) is 0 Å². The predicted octanol–water partition coefficient (Wildman–Crippen LogP) is 3.56. The van der Waals surface area contributed by atoms with E-state index in [9.17, 15) is 4.39 Å². The molecular formula is C16H24BrFN2O. The fourth-order valence-electron chi connectivity index (χ4n) is 3.24. The van der Waals surface area contributed by atoms with Gasteiger partial charge in [-0.1, -0.05) is 13.0 Å². The molecule has 0 amide bonds. The van der Waals surface area contributed by atoms with E-state index in [-0.39, 0.29) is 17.5 Å². The topological polar surface area (TPSA) is 47.3 Å². The van der Waals surface area contributed by atoms with E-state index in [1.54, 1.807) is 13.2 Å². The molecular weight excluding hydrogens is 335 g/mol. The maximum absolute atomic E-state index is 13.3. The number of hydrogen-bond acceptors (Lipinski definition) is 3. The molecule has 1 aromatic carbocycles. The summed E-state index contributed by atoms with van der Waals surface area (Å²) in [6, 6.07) is 5.12. The Labute approximate surface area is 134 Å². The van der Waals surface area contributed by atoms with Crippen molar-refractivity contribution in [3.8, 4) is 0 Å². The Balaban J connectivity index is 2.15. The average Bonchev–Trinajstić information content (AvgIpc) is 2.50. The van der Waals surface area contributed by atoms with Gasteiger partial charge in [0.25, 0.3) is 0 Å². The molecule has 0 saturated heterocycles. The molecule has 0 radical (unpaired) electrons. The maximum atomic E-state index is 13.3. The minimum Gasteiger partial charge on any atom is -0.377 e. The van der Waals surface area contributed by atoms with Crippen molar-refractivity contribution in [1.29, 1.82) is 0 Å². The summed E-state index contributed by atoms with van der Waals surface area (Å²) in [5, 5.41) is 0. The van der Waals surface area contributed by atoms with Crippen molar-refractivity contribution < 1.29 is 9.13 Å². The van der Waals surface area contributed by atoms with E-state index in [1.807, 2.05) is 6.07 Å². The van der Waals surface area contributed by atoms with Crippen LogP contribution in [0.2, 0.25) is 0 Å². The second-order valence-electron chi connectivity index (χ2n) is 6.12. The van der Waals surface area contributed by atoms with Crippen molar-refractivity contribution in [1.82, 2.24) is 5.43 Å². The third-order valence-corrected chi connectivity index (χ3v) is 5.39. The highest BCUT2D eigenvalue weighted by Gasteiger charge is 2.41. The summed E-state index contributed by atoms with van der Waals surface area (Å²) in [6.07, 6.45) is 5.03. The number of nitrogens with two attached hydrogens (primary N) is 1. The molecule has 0 spiro atoms. The lowest BCUT2D eigenvalue weighted by Gasteiger charge is -2.44. The molecule has 5 heteroatoms. The summed E-state index contributed by atoms with van der Waals surface area (Å²) >= 11 is 3.23. The fourth-order valence-corrected chi connectivity index (χ4v) is 3.67. The van der Waals surface area contributed by atoms with Gasteiger partial charge in [0.05, 0.1) is 16.1 Å². The van der Waals surface area contributed by atoms with E-state index in [0.29, 0.717) is 4.47 Å². The first-order chi connectivity index (χ1) is 10.0. The van der Waals surface area contributed by atoms with Crippen LogP contribution in [0.3, 0.4) is 0 Å². The monoisotopic (exact) mass is 358 g/mol. The van der Waals surface area contributed by atoms with Gasteiger partial charge in [-0.25, -0.2) is 4.39 Å². The van der Waals surface area contributed by atoms with Crippen LogP contribution in [0.15, 0.2) is 22.7 Å². The Morgan fingerprint density at radius 3 is 2.67 bits per heavy atom. The van der Waals surface area contributed by atoms with E-state index in [1.165, 1.54) is 6.07 Å². The van der Waals surface area contributed by atoms with Crippen molar-refractivity contribution in [2.45, 2.75) is 50.7 Å². The zero-order chi connectivity index (χ0) is 15.5. The minimum atomic E-state index is -0.246. The van der Waals surface area contributed by atoms with Crippen LogP contribution in [0.1, 0.15) is 38.2 Å². The normalized spacial score (nSPS) is 27.6. The average molecular weight is 359 g/mol. The number of ether oxygens (including phenoxy) is 1. The van der Waals surface area contributed by atoms with Crippen LogP contribution in [-0.2, 0) is 11.2 Å². The van der Waals surface area contributed by atoms with Crippen molar-refractivity contribution in [3.63, 3.8) is 0 Å². The highest BCUT2D eigenvalue weighted by Crippen LogP contribution is 2.37. The Morgan fingerprint density at radius 1 is 1.48 bits per heavy atom. The molecule has 3 N–H and O–H groups in total. The smallest absolute Gasteiger partial charge is 0.137 e. The van der Waals surface area contributed by atoms with E-state index < -0.39 is 0 Å². The van der Waals surface area contributed by atoms with Gasteiger partial charge in [0, 0.05) is 7.11 Å². The van der Waals surface area contributed by atoms with E-state index in [0.717, 1.165) is 43.6 Å². The van der Waals surface area contributed by atoms with Crippen LogP contribution in [-0.4, -0.2) is 18.8 Å². The van der Waals surface area contributed by atoms with Crippen LogP contribution in [0.4, 0.5) is 4.39 Å². The molecule has 1 aromatic rings. The standard InChI is InChI=1S/C16H24BrFN2O/c1-11-5-7-16(21-2,8-6-11)15(20-19)10-12-3-4-14(18)13(17)9-12/h3-4,9,11,15,20H,5-8,10,19H2,1-2H3. The van der Waals surface area contributed by atoms with Crippen molar-refractivity contribution in [2.75, 3.05) is 7.11 Å². The Hall–Kier alpha value is -0.490. The van der Waals surface area contributed by atoms with Crippen LogP contribution < -0.4 is 11.3 Å². The summed E-state index contributed by atoms with van der Waals surface area (Å²) in [6.45, 7) is 2.28. The van der Waals surface area contributed by atoms with Gasteiger partial charge in [0.1, 0.15) is 5.82 Å². The van der Waals surface area contributed by atoms with Gasteiger partial charge in [-0.3, -0.25) is 11.3 Å². The molecule has 1 fully saturated rings. The molecule has 1 atom stereocenters. The molecule has 1 aliphatic carbocycles. The summed E-state index contributed by atoms with van der Waals surface area (Å²) in [5.74, 6) is 6.29. The van der Waals surface area contributed by atoms with Gasteiger partial charge in [0.15, 0.2) is 0 Å².